The van der Waals surface area contributed by atoms with E-state index in [-0.39, 0.29) is 5.54 Å². The zero-order valence-corrected chi connectivity index (χ0v) is 23.4. The van der Waals surface area contributed by atoms with Crippen molar-refractivity contribution in [3.05, 3.63) is 54.5 Å². The van der Waals surface area contributed by atoms with Crippen molar-refractivity contribution in [2.24, 2.45) is 0 Å². The molecule has 0 saturated carbocycles. The summed E-state index contributed by atoms with van der Waals surface area (Å²) in [6.07, 6.45) is 3.49. The predicted octanol–water partition coefficient (Wildman–Crippen LogP) is 4.92. The third kappa shape index (κ3) is 5.95. The Labute approximate surface area is 225 Å². The van der Waals surface area contributed by atoms with Crippen LogP contribution < -0.4 is 10.2 Å². The number of H-pyrrole nitrogens is 1. The topological polar surface area (TPSA) is 89.1 Å². The molecule has 0 amide bonds. The van der Waals surface area contributed by atoms with Crippen molar-refractivity contribution in [3.8, 4) is 11.3 Å². The number of aromatic amines is 1. The summed E-state index contributed by atoms with van der Waals surface area (Å²) in [5.41, 5.74) is 5.20. The molecule has 9 heteroatoms. The van der Waals surface area contributed by atoms with E-state index in [1.54, 1.807) is 6.33 Å². The normalized spacial score (nSPS) is 15.3. The minimum atomic E-state index is 0.232. The molecule has 1 aliphatic rings. The summed E-state index contributed by atoms with van der Waals surface area (Å²) in [7, 11) is 2.04. The highest BCUT2D eigenvalue weighted by Crippen LogP contribution is 2.26. The van der Waals surface area contributed by atoms with E-state index in [0.29, 0.717) is 12.0 Å². The Morgan fingerprint density at radius 1 is 1.00 bits per heavy atom. The molecule has 1 fully saturated rings. The molecule has 3 aromatic heterocycles. The van der Waals surface area contributed by atoms with Crippen LogP contribution in [0.4, 0.5) is 17.6 Å². The van der Waals surface area contributed by atoms with Crippen molar-refractivity contribution in [1.29, 1.82) is 0 Å². The zero-order valence-electron chi connectivity index (χ0n) is 23.4. The first-order chi connectivity index (χ1) is 18.2. The zero-order chi connectivity index (χ0) is 26.9. The van der Waals surface area contributed by atoms with Crippen LogP contribution in [0.2, 0.25) is 0 Å². The largest absolute Gasteiger partial charge is 0.357 e. The number of pyridine rings is 1. The molecule has 0 bridgehead atoms. The summed E-state index contributed by atoms with van der Waals surface area (Å²) in [5, 5.41) is 3.36. The van der Waals surface area contributed by atoms with E-state index in [1.807, 2.05) is 31.4 Å². The van der Waals surface area contributed by atoms with Gasteiger partial charge in [-0.05, 0) is 64.4 Å². The Morgan fingerprint density at radius 2 is 1.79 bits per heavy atom. The van der Waals surface area contributed by atoms with Gasteiger partial charge in [0.25, 0.3) is 0 Å². The van der Waals surface area contributed by atoms with Gasteiger partial charge in [-0.15, -0.1) is 0 Å². The minimum absolute atomic E-state index is 0.232. The molecular formula is C29H39N9. The molecule has 0 spiro atoms. The molecule has 38 heavy (non-hydrogen) atoms. The fraction of sp³-hybridized carbons (Fsp3) is 0.448. The lowest BCUT2D eigenvalue weighted by Gasteiger charge is -2.42. The highest BCUT2D eigenvalue weighted by Gasteiger charge is 2.25. The maximum absolute atomic E-state index is 4.72. The molecule has 2 N–H and O–H groups in total. The molecule has 4 heterocycles. The molecule has 5 rings (SSSR count). The maximum atomic E-state index is 4.72. The maximum Gasteiger partial charge on any atom is 0.206 e. The van der Waals surface area contributed by atoms with Gasteiger partial charge in [-0.2, -0.15) is 0 Å². The Balaban J connectivity index is 1.27. The summed E-state index contributed by atoms with van der Waals surface area (Å²) < 4.78 is 0. The Morgan fingerprint density at radius 3 is 2.53 bits per heavy atom. The smallest absolute Gasteiger partial charge is 0.206 e. The number of hydrogen-bond donors (Lipinski definition) is 2. The monoisotopic (exact) mass is 513 g/mol. The number of nitrogens with zero attached hydrogens (tertiary/aromatic N) is 7. The molecule has 200 valence electrons. The van der Waals surface area contributed by atoms with Gasteiger partial charge in [-0.3, -0.25) is 9.80 Å². The number of hydrogen-bond acceptors (Lipinski definition) is 8. The third-order valence-corrected chi connectivity index (χ3v) is 7.36. The highest BCUT2D eigenvalue weighted by molar-refractivity contribution is 5.83. The van der Waals surface area contributed by atoms with E-state index in [9.17, 15) is 0 Å². The van der Waals surface area contributed by atoms with Crippen molar-refractivity contribution >= 4 is 28.6 Å². The van der Waals surface area contributed by atoms with E-state index in [0.717, 1.165) is 66.7 Å². The average molecular weight is 514 g/mol. The first kappa shape index (κ1) is 26.1. The SMILES string of the molecule is CC(C)N(C)c1cc(-c2ccc3nc(Nc4cc(CN5CCN(C(C)(C)C)CC5)ccn4)[nH]c3c2)ncn1. The van der Waals surface area contributed by atoms with E-state index in [2.05, 4.69) is 92.8 Å². The molecule has 0 atom stereocenters. The van der Waals surface area contributed by atoms with E-state index < -0.39 is 0 Å². The molecule has 0 radical (unpaired) electrons. The Hall–Kier alpha value is -3.56. The van der Waals surface area contributed by atoms with E-state index in [4.69, 9.17) is 4.98 Å². The number of fused-ring (bicyclic) bond motifs is 1. The van der Waals surface area contributed by atoms with Gasteiger partial charge in [0, 0.05) is 69.2 Å². The standard InChI is InChI=1S/C29H39N9/c1-20(2)36(6)27-17-24(31-19-32-27)22-7-8-23-25(16-22)34-28(33-23)35-26-15-21(9-10-30-26)18-37-11-13-38(14-12-37)29(3,4)5/h7-10,15-17,19-20H,11-14,18H2,1-6H3,(H2,30,33,34,35). The van der Waals surface area contributed by atoms with Crippen molar-refractivity contribution in [1.82, 2.24) is 34.7 Å². The number of piperazine rings is 1. The molecule has 0 aliphatic carbocycles. The van der Waals surface area contributed by atoms with Crippen LogP contribution in [0.1, 0.15) is 40.2 Å². The fourth-order valence-electron chi connectivity index (χ4n) is 4.79. The van der Waals surface area contributed by atoms with Crippen LogP contribution in [0, 0.1) is 0 Å². The van der Waals surface area contributed by atoms with Gasteiger partial charge in [0.1, 0.15) is 18.0 Å². The Bertz CT molecular complexity index is 1380. The van der Waals surface area contributed by atoms with Gasteiger partial charge in [-0.25, -0.2) is 19.9 Å². The van der Waals surface area contributed by atoms with Gasteiger partial charge in [0.05, 0.1) is 16.7 Å². The number of aromatic nitrogens is 5. The number of benzene rings is 1. The first-order valence-corrected chi connectivity index (χ1v) is 13.4. The lowest BCUT2D eigenvalue weighted by atomic mass is 10.0. The molecule has 1 saturated heterocycles. The summed E-state index contributed by atoms with van der Waals surface area (Å²) >= 11 is 0. The van der Waals surface area contributed by atoms with Crippen LogP contribution in [-0.2, 0) is 6.54 Å². The van der Waals surface area contributed by atoms with Gasteiger partial charge < -0.3 is 15.2 Å². The Kier molecular flexibility index (Phi) is 7.32. The van der Waals surface area contributed by atoms with Crippen LogP contribution in [-0.4, -0.2) is 79.5 Å². The van der Waals surface area contributed by atoms with Crippen LogP contribution >= 0.6 is 0 Å². The van der Waals surface area contributed by atoms with Crippen LogP contribution in [0.5, 0.6) is 0 Å². The summed E-state index contributed by atoms with van der Waals surface area (Å²) in [5.74, 6) is 2.36. The van der Waals surface area contributed by atoms with Crippen LogP contribution in [0.25, 0.3) is 22.3 Å². The second-order valence-corrected chi connectivity index (χ2v) is 11.4. The van der Waals surface area contributed by atoms with Gasteiger partial charge in [0.2, 0.25) is 5.95 Å². The second kappa shape index (κ2) is 10.7. The highest BCUT2D eigenvalue weighted by atomic mass is 15.3. The quantitative estimate of drug-likeness (QED) is 0.360. The number of anilines is 3. The lowest BCUT2D eigenvalue weighted by Crippen LogP contribution is -2.53. The summed E-state index contributed by atoms with van der Waals surface area (Å²) in [6, 6.07) is 12.7. The first-order valence-electron chi connectivity index (χ1n) is 13.4. The van der Waals surface area contributed by atoms with Crippen molar-refractivity contribution < 1.29 is 0 Å². The van der Waals surface area contributed by atoms with Gasteiger partial charge >= 0.3 is 0 Å². The molecule has 0 unspecified atom stereocenters. The molecule has 4 aromatic rings. The minimum Gasteiger partial charge on any atom is -0.357 e. The second-order valence-electron chi connectivity index (χ2n) is 11.4. The van der Waals surface area contributed by atoms with E-state index in [1.165, 1.54) is 5.56 Å². The molecule has 1 aliphatic heterocycles. The van der Waals surface area contributed by atoms with Crippen LogP contribution in [0.15, 0.2) is 48.9 Å². The van der Waals surface area contributed by atoms with Crippen molar-refractivity contribution in [2.75, 3.05) is 43.4 Å². The van der Waals surface area contributed by atoms with Crippen molar-refractivity contribution in [3.63, 3.8) is 0 Å². The molecule has 1 aromatic carbocycles. The average Bonchev–Trinajstić information content (AvgIpc) is 3.29. The summed E-state index contributed by atoms with van der Waals surface area (Å²) in [6.45, 7) is 16.5. The number of rotatable bonds is 7. The fourth-order valence-corrected chi connectivity index (χ4v) is 4.79. The molecule has 9 nitrogen and oxygen atoms in total. The number of imidazole rings is 1. The molecular weight excluding hydrogens is 474 g/mol. The van der Waals surface area contributed by atoms with Crippen molar-refractivity contribution in [2.45, 2.75) is 52.7 Å². The lowest BCUT2D eigenvalue weighted by molar-refractivity contribution is 0.0591. The third-order valence-electron chi connectivity index (χ3n) is 7.36. The van der Waals surface area contributed by atoms with E-state index >= 15 is 0 Å². The van der Waals surface area contributed by atoms with Gasteiger partial charge in [-0.1, -0.05) is 6.07 Å². The number of nitrogens with one attached hydrogen (secondary N) is 2. The predicted molar refractivity (Wildman–Crippen MR) is 155 cm³/mol. The van der Waals surface area contributed by atoms with Crippen LogP contribution in [0.3, 0.4) is 0 Å². The summed E-state index contributed by atoms with van der Waals surface area (Å²) in [4.78, 5) is 28.8. The van der Waals surface area contributed by atoms with Gasteiger partial charge in [0.15, 0.2) is 0 Å².